The molecule has 2 amide bonds. The lowest BCUT2D eigenvalue weighted by Gasteiger charge is -2.12. The molecule has 10 nitrogen and oxygen atoms in total. The Labute approximate surface area is 224 Å². The predicted molar refractivity (Wildman–Crippen MR) is 147 cm³/mol. The molecule has 0 aliphatic rings. The van der Waals surface area contributed by atoms with Crippen molar-refractivity contribution in [3.05, 3.63) is 107 Å². The van der Waals surface area contributed by atoms with E-state index in [0.717, 1.165) is 5.69 Å². The molecule has 4 aromatic rings. The fourth-order valence-electron chi connectivity index (χ4n) is 3.57. The first-order valence-electron chi connectivity index (χ1n) is 11.4. The minimum atomic E-state index is -3.33. The van der Waals surface area contributed by atoms with Crippen LogP contribution < -0.4 is 10.0 Å². The Morgan fingerprint density at radius 3 is 2.41 bits per heavy atom. The summed E-state index contributed by atoms with van der Waals surface area (Å²) >= 11 is 0. The molecule has 2 aromatic heterocycles. The van der Waals surface area contributed by atoms with Crippen LogP contribution in [-0.4, -0.2) is 47.7 Å². The number of anilines is 1. The summed E-state index contributed by atoms with van der Waals surface area (Å²) in [7, 11) is -1.64. The van der Waals surface area contributed by atoms with Crippen LogP contribution >= 0.6 is 0 Å². The number of aryl methyl sites for hydroxylation is 2. The zero-order valence-electron chi connectivity index (χ0n) is 21.0. The van der Waals surface area contributed by atoms with E-state index in [9.17, 15) is 18.6 Å². The van der Waals surface area contributed by atoms with Gasteiger partial charge in [-0.15, -0.1) is 0 Å². The van der Waals surface area contributed by atoms with Crippen LogP contribution in [0.15, 0.2) is 78.0 Å². The van der Waals surface area contributed by atoms with E-state index in [0.29, 0.717) is 22.5 Å². The Morgan fingerprint density at radius 1 is 0.949 bits per heavy atom. The van der Waals surface area contributed by atoms with Gasteiger partial charge in [-0.3, -0.25) is 24.0 Å². The summed E-state index contributed by atoms with van der Waals surface area (Å²) in [6.07, 6.45) is 2.76. The number of benzene rings is 2. The first-order valence-corrected chi connectivity index (χ1v) is 13.2. The molecule has 1 unspecified atom stereocenters. The van der Waals surface area contributed by atoms with Crippen LogP contribution in [0.4, 0.5) is 5.69 Å². The molecule has 39 heavy (non-hydrogen) atoms. The number of amides is 2. The molecule has 2 heterocycles. The second-order valence-corrected chi connectivity index (χ2v) is 10.5. The first-order chi connectivity index (χ1) is 18.5. The van der Waals surface area contributed by atoms with Gasteiger partial charge < -0.3 is 10.4 Å². The van der Waals surface area contributed by atoms with Crippen LogP contribution in [0, 0.1) is 18.8 Å². The number of pyridine rings is 1. The quantitative estimate of drug-likeness (QED) is 0.252. The van der Waals surface area contributed by atoms with Crippen molar-refractivity contribution >= 4 is 39.0 Å². The minimum Gasteiger partial charge on any atom is -0.478 e. The first kappa shape index (κ1) is 26.8. The van der Waals surface area contributed by atoms with Crippen molar-refractivity contribution in [3.63, 3.8) is 0 Å². The highest BCUT2D eigenvalue weighted by Crippen LogP contribution is 2.14. The number of aromatic carboxylic acids is 1. The summed E-state index contributed by atoms with van der Waals surface area (Å²) < 4.78 is 16.9. The van der Waals surface area contributed by atoms with Crippen LogP contribution in [0.1, 0.15) is 48.0 Å². The molecule has 0 radical (unpaired) electrons. The number of carboxylic acids is 1. The Morgan fingerprint density at radius 2 is 1.69 bits per heavy atom. The fourth-order valence-corrected chi connectivity index (χ4v) is 4.72. The summed E-state index contributed by atoms with van der Waals surface area (Å²) in [5.41, 5.74) is 2.76. The number of carbonyl (C=O) groups excluding carboxylic acids is 2. The fraction of sp³-hybridized carbons (Fsp3) is 0.0714. The van der Waals surface area contributed by atoms with Crippen molar-refractivity contribution in [3.8, 4) is 11.8 Å². The number of rotatable bonds is 6. The van der Waals surface area contributed by atoms with E-state index < -0.39 is 21.6 Å². The van der Waals surface area contributed by atoms with Crippen molar-refractivity contribution in [1.82, 2.24) is 19.5 Å². The normalized spacial score (nSPS) is 11.9. The summed E-state index contributed by atoms with van der Waals surface area (Å²) in [4.78, 5) is 40.7. The SMILES string of the molecule is C=S(=O)(NC(=O)c1cncc(C#Cc2cccc(NC(=O)c3cc(C)nn3C)c2)c1)c1cccc(C(=O)O)c1. The van der Waals surface area contributed by atoms with Crippen LogP contribution in [0.25, 0.3) is 0 Å². The maximum Gasteiger partial charge on any atom is 0.335 e. The van der Waals surface area contributed by atoms with E-state index in [1.165, 1.54) is 47.4 Å². The molecule has 4 rings (SSSR count). The number of hydrogen-bond donors (Lipinski definition) is 3. The Kier molecular flexibility index (Phi) is 7.60. The molecule has 0 saturated carbocycles. The van der Waals surface area contributed by atoms with Crippen LogP contribution in [-0.2, 0) is 16.8 Å². The van der Waals surface area contributed by atoms with Gasteiger partial charge in [-0.05, 0) is 61.3 Å². The molecule has 11 heteroatoms. The molecule has 0 aliphatic carbocycles. The van der Waals surface area contributed by atoms with Crippen molar-refractivity contribution in [2.75, 3.05) is 5.32 Å². The van der Waals surface area contributed by atoms with Crippen molar-refractivity contribution in [1.29, 1.82) is 0 Å². The lowest BCUT2D eigenvalue weighted by Crippen LogP contribution is -2.30. The maximum absolute atomic E-state index is 13.0. The lowest BCUT2D eigenvalue weighted by molar-refractivity contribution is 0.0696. The zero-order chi connectivity index (χ0) is 28.2. The Balaban J connectivity index is 1.48. The van der Waals surface area contributed by atoms with Gasteiger partial charge >= 0.3 is 5.97 Å². The average Bonchev–Trinajstić information content (AvgIpc) is 3.25. The molecule has 0 spiro atoms. The van der Waals surface area contributed by atoms with Crippen molar-refractivity contribution in [2.24, 2.45) is 7.05 Å². The number of hydrogen-bond acceptors (Lipinski definition) is 6. The van der Waals surface area contributed by atoms with E-state index in [4.69, 9.17) is 5.11 Å². The highest BCUT2D eigenvalue weighted by molar-refractivity contribution is 7.99. The highest BCUT2D eigenvalue weighted by Gasteiger charge is 2.16. The lowest BCUT2D eigenvalue weighted by atomic mass is 10.1. The number of nitrogens with one attached hydrogen (secondary N) is 2. The topological polar surface area (TPSA) is 143 Å². The summed E-state index contributed by atoms with van der Waals surface area (Å²) in [5.74, 6) is 7.27. The van der Waals surface area contributed by atoms with E-state index in [2.05, 4.69) is 37.8 Å². The van der Waals surface area contributed by atoms with Gasteiger partial charge in [0.05, 0.1) is 31.4 Å². The molecule has 2 aromatic carbocycles. The summed E-state index contributed by atoms with van der Waals surface area (Å²) in [6, 6.07) is 15.5. The van der Waals surface area contributed by atoms with E-state index in [-0.39, 0.29) is 21.9 Å². The summed E-state index contributed by atoms with van der Waals surface area (Å²) in [6.45, 7) is 1.80. The van der Waals surface area contributed by atoms with Gasteiger partial charge in [0.15, 0.2) is 0 Å². The third kappa shape index (κ3) is 6.57. The predicted octanol–water partition coefficient (Wildman–Crippen LogP) is 2.89. The van der Waals surface area contributed by atoms with Gasteiger partial charge in [0.1, 0.15) is 5.69 Å². The minimum absolute atomic E-state index is 0.0742. The summed E-state index contributed by atoms with van der Waals surface area (Å²) in [5, 5.41) is 16.2. The smallest absolute Gasteiger partial charge is 0.335 e. The zero-order valence-corrected chi connectivity index (χ0v) is 21.8. The molecule has 0 aliphatic heterocycles. The largest absolute Gasteiger partial charge is 0.478 e. The van der Waals surface area contributed by atoms with E-state index in [1.807, 2.05) is 0 Å². The molecular weight excluding hydrogens is 518 g/mol. The third-order valence-electron chi connectivity index (χ3n) is 5.43. The highest BCUT2D eigenvalue weighted by atomic mass is 32.2. The van der Waals surface area contributed by atoms with Crippen molar-refractivity contribution in [2.45, 2.75) is 11.8 Å². The van der Waals surface area contributed by atoms with Gasteiger partial charge in [-0.2, -0.15) is 5.10 Å². The number of aromatic nitrogens is 3. The molecule has 0 fully saturated rings. The van der Waals surface area contributed by atoms with Crippen LogP contribution in [0.2, 0.25) is 0 Å². The monoisotopic (exact) mass is 541 g/mol. The molecule has 3 N–H and O–H groups in total. The van der Waals surface area contributed by atoms with Gasteiger partial charge in [0, 0.05) is 36.3 Å². The Hall–Kier alpha value is -5.21. The standard InChI is InChI=1S/C28H23N5O5S/c1-18-12-25(33(2)31-18)27(35)30-23-8-4-6-19(14-23)10-11-20-13-22(17-29-16-20)26(34)32-39(3,38)24-9-5-7-21(15-24)28(36)37/h4-9,12-17H,3H2,1-2H3,(H,30,35)(H,36,37)(H,32,34,38). The second-order valence-electron chi connectivity index (χ2n) is 8.48. The second kappa shape index (κ2) is 11.0. The Bertz CT molecular complexity index is 1780. The van der Waals surface area contributed by atoms with E-state index >= 15 is 0 Å². The average molecular weight is 542 g/mol. The number of carbonyl (C=O) groups is 3. The van der Waals surface area contributed by atoms with Gasteiger partial charge in [-0.1, -0.05) is 24.0 Å². The molecule has 196 valence electrons. The van der Waals surface area contributed by atoms with Gasteiger partial charge in [0.2, 0.25) is 0 Å². The van der Waals surface area contributed by atoms with E-state index in [1.54, 1.807) is 44.3 Å². The number of carboxylic acid groups (broad SMARTS) is 1. The van der Waals surface area contributed by atoms with Crippen LogP contribution in [0.3, 0.4) is 0 Å². The number of nitrogens with zero attached hydrogens (tertiary/aromatic N) is 3. The van der Waals surface area contributed by atoms with Crippen molar-refractivity contribution < 1.29 is 23.7 Å². The molecule has 0 bridgehead atoms. The third-order valence-corrected chi connectivity index (χ3v) is 6.96. The molecule has 1 atom stereocenters. The maximum atomic E-state index is 13.0. The molecular formula is C28H23N5O5S. The molecule has 0 saturated heterocycles. The van der Waals surface area contributed by atoms with Gasteiger partial charge in [0.25, 0.3) is 11.8 Å². The van der Waals surface area contributed by atoms with Crippen LogP contribution in [0.5, 0.6) is 0 Å². The van der Waals surface area contributed by atoms with Gasteiger partial charge in [-0.25, -0.2) is 9.00 Å².